The molecule has 6 nitrogen and oxygen atoms in total. The summed E-state index contributed by atoms with van der Waals surface area (Å²) in [5.41, 5.74) is 0.946. The van der Waals surface area contributed by atoms with Crippen molar-refractivity contribution >= 4 is 17.5 Å². The van der Waals surface area contributed by atoms with Crippen molar-refractivity contribution in [2.75, 3.05) is 11.9 Å². The van der Waals surface area contributed by atoms with Crippen LogP contribution < -0.4 is 10.6 Å². The molecule has 1 aromatic carbocycles. The number of aryl methyl sites for hydroxylation is 1. The maximum atomic E-state index is 12.2. The van der Waals surface area contributed by atoms with E-state index in [1.807, 2.05) is 0 Å². The summed E-state index contributed by atoms with van der Waals surface area (Å²) in [6.07, 6.45) is 6.62. The van der Waals surface area contributed by atoms with E-state index in [-0.39, 0.29) is 18.1 Å². The summed E-state index contributed by atoms with van der Waals surface area (Å²) in [5.74, 6) is 2.05. The number of terminal acetylenes is 1. The van der Waals surface area contributed by atoms with Crippen LogP contribution in [0.1, 0.15) is 26.7 Å². The Morgan fingerprint density at radius 1 is 1.23 bits per heavy atom. The highest BCUT2D eigenvalue weighted by Gasteiger charge is 2.14. The third kappa shape index (κ3) is 3.67. The number of anilines is 1. The minimum Gasteiger partial charge on any atom is -0.341 e. The Balaban J connectivity index is 2.21. The topological polar surface area (TPSA) is 84.0 Å². The molecule has 0 saturated heterocycles. The lowest BCUT2D eigenvalue weighted by Gasteiger charge is -2.10. The van der Waals surface area contributed by atoms with Crippen LogP contribution in [0.2, 0.25) is 0 Å². The van der Waals surface area contributed by atoms with Crippen LogP contribution >= 0.6 is 0 Å². The van der Waals surface area contributed by atoms with Gasteiger partial charge in [-0.3, -0.25) is 9.59 Å². The van der Waals surface area contributed by atoms with E-state index in [1.54, 1.807) is 31.2 Å². The Labute approximate surface area is 128 Å². The molecule has 0 aliphatic heterocycles. The van der Waals surface area contributed by atoms with Crippen molar-refractivity contribution in [2.24, 2.45) is 0 Å². The van der Waals surface area contributed by atoms with Crippen LogP contribution in [0.15, 0.2) is 36.5 Å². The first kappa shape index (κ1) is 15.2. The molecule has 1 aromatic heterocycles. The lowest BCUT2D eigenvalue weighted by molar-refractivity contribution is 0.0959. The number of hydrogen-bond acceptors (Lipinski definition) is 4. The van der Waals surface area contributed by atoms with E-state index < -0.39 is 5.91 Å². The first-order chi connectivity index (χ1) is 10.6. The fourth-order valence-corrected chi connectivity index (χ4v) is 1.79. The third-order valence-electron chi connectivity index (χ3n) is 2.78. The first-order valence-corrected chi connectivity index (χ1v) is 6.53. The molecule has 0 saturated carbocycles. The molecule has 1 heterocycles. The maximum Gasteiger partial charge on any atom is 0.274 e. The van der Waals surface area contributed by atoms with Gasteiger partial charge in [0.2, 0.25) is 0 Å². The molecule has 2 amide bonds. The van der Waals surface area contributed by atoms with Crippen LogP contribution in [0, 0.1) is 19.3 Å². The number of carbonyl (C=O) groups excluding carboxylic acids is 2. The van der Waals surface area contributed by atoms with Crippen LogP contribution in [0.5, 0.6) is 0 Å². The van der Waals surface area contributed by atoms with Crippen molar-refractivity contribution < 1.29 is 9.59 Å². The van der Waals surface area contributed by atoms with Crippen LogP contribution in [0.25, 0.3) is 0 Å². The van der Waals surface area contributed by atoms with E-state index >= 15 is 0 Å². The van der Waals surface area contributed by atoms with Crippen molar-refractivity contribution in [3.05, 3.63) is 53.6 Å². The van der Waals surface area contributed by atoms with Gasteiger partial charge < -0.3 is 10.6 Å². The highest BCUT2D eigenvalue weighted by atomic mass is 16.2. The normalized spacial score (nSPS) is 9.64. The molecular formula is C16H14N4O2. The van der Waals surface area contributed by atoms with Gasteiger partial charge in [0.1, 0.15) is 11.5 Å². The van der Waals surface area contributed by atoms with Gasteiger partial charge in [0, 0.05) is 6.20 Å². The second-order valence-corrected chi connectivity index (χ2v) is 4.38. The SMILES string of the molecule is C#CCNC(=O)c1ccccc1NC(=O)c1ccnc(C)n1. The second kappa shape index (κ2) is 6.99. The molecule has 0 aliphatic carbocycles. The molecule has 0 spiro atoms. The summed E-state index contributed by atoms with van der Waals surface area (Å²) < 4.78 is 0. The Kier molecular flexibility index (Phi) is 4.83. The molecule has 6 heteroatoms. The second-order valence-electron chi connectivity index (χ2n) is 4.38. The van der Waals surface area contributed by atoms with Gasteiger partial charge in [-0.15, -0.1) is 6.42 Å². The molecule has 22 heavy (non-hydrogen) atoms. The zero-order valence-corrected chi connectivity index (χ0v) is 12.0. The summed E-state index contributed by atoms with van der Waals surface area (Å²) in [6.45, 7) is 1.81. The molecule has 0 bridgehead atoms. The highest BCUT2D eigenvalue weighted by Crippen LogP contribution is 2.15. The number of nitrogens with one attached hydrogen (secondary N) is 2. The molecule has 2 rings (SSSR count). The molecule has 0 fully saturated rings. The number of para-hydroxylation sites is 1. The Morgan fingerprint density at radius 3 is 2.73 bits per heavy atom. The number of rotatable bonds is 4. The zero-order valence-electron chi connectivity index (χ0n) is 12.0. The first-order valence-electron chi connectivity index (χ1n) is 6.53. The Bertz CT molecular complexity index is 750. The number of nitrogens with zero attached hydrogens (tertiary/aromatic N) is 2. The maximum absolute atomic E-state index is 12.2. The third-order valence-corrected chi connectivity index (χ3v) is 2.78. The number of amides is 2. The number of aromatic nitrogens is 2. The van der Waals surface area contributed by atoms with Crippen LogP contribution in [-0.4, -0.2) is 28.3 Å². The van der Waals surface area contributed by atoms with Gasteiger partial charge in [0.05, 0.1) is 17.8 Å². The summed E-state index contributed by atoms with van der Waals surface area (Å²) >= 11 is 0. The smallest absolute Gasteiger partial charge is 0.274 e. The molecule has 110 valence electrons. The minimum absolute atomic E-state index is 0.117. The summed E-state index contributed by atoms with van der Waals surface area (Å²) in [7, 11) is 0. The largest absolute Gasteiger partial charge is 0.341 e. The fraction of sp³-hybridized carbons (Fsp3) is 0.125. The van der Waals surface area contributed by atoms with Crippen molar-refractivity contribution in [2.45, 2.75) is 6.92 Å². The zero-order chi connectivity index (χ0) is 15.9. The molecule has 2 aromatic rings. The van der Waals surface area contributed by atoms with E-state index in [9.17, 15) is 9.59 Å². The van der Waals surface area contributed by atoms with E-state index in [2.05, 4.69) is 26.5 Å². The standard InChI is InChI=1S/C16H14N4O2/c1-3-9-18-15(21)12-6-4-5-7-13(12)20-16(22)14-8-10-17-11(2)19-14/h1,4-8,10H,9H2,2H3,(H,18,21)(H,20,22). The molecule has 0 unspecified atom stereocenters. The van der Waals surface area contributed by atoms with Crippen molar-refractivity contribution in [1.82, 2.24) is 15.3 Å². The van der Waals surface area contributed by atoms with Gasteiger partial charge in [-0.1, -0.05) is 18.1 Å². The fourth-order valence-electron chi connectivity index (χ4n) is 1.79. The summed E-state index contributed by atoms with van der Waals surface area (Å²) in [6, 6.07) is 8.17. The number of benzene rings is 1. The predicted molar refractivity (Wildman–Crippen MR) is 82.3 cm³/mol. The minimum atomic E-state index is -0.414. The van der Waals surface area contributed by atoms with Gasteiger partial charge in [-0.05, 0) is 25.1 Å². The molecule has 0 radical (unpaired) electrons. The quantitative estimate of drug-likeness (QED) is 0.835. The van der Waals surface area contributed by atoms with E-state index in [0.717, 1.165) is 0 Å². The van der Waals surface area contributed by atoms with Gasteiger partial charge in [0.25, 0.3) is 11.8 Å². The Morgan fingerprint density at radius 2 is 2.00 bits per heavy atom. The molecule has 0 atom stereocenters. The highest BCUT2D eigenvalue weighted by molar-refractivity contribution is 6.08. The van der Waals surface area contributed by atoms with Gasteiger partial charge in [0.15, 0.2) is 0 Å². The number of carbonyl (C=O) groups is 2. The summed E-state index contributed by atoms with van der Waals surface area (Å²) in [4.78, 5) is 32.2. The number of hydrogen-bond donors (Lipinski definition) is 2. The monoisotopic (exact) mass is 294 g/mol. The van der Waals surface area contributed by atoms with E-state index in [1.165, 1.54) is 12.3 Å². The van der Waals surface area contributed by atoms with Gasteiger partial charge in [-0.25, -0.2) is 9.97 Å². The van der Waals surface area contributed by atoms with Gasteiger partial charge in [-0.2, -0.15) is 0 Å². The van der Waals surface area contributed by atoms with E-state index in [0.29, 0.717) is 17.1 Å². The predicted octanol–water partition coefficient (Wildman–Crippen LogP) is 1.40. The molecule has 0 aliphatic rings. The molecular weight excluding hydrogens is 280 g/mol. The van der Waals surface area contributed by atoms with E-state index in [4.69, 9.17) is 6.42 Å². The lowest BCUT2D eigenvalue weighted by atomic mass is 10.1. The lowest BCUT2D eigenvalue weighted by Crippen LogP contribution is -2.25. The van der Waals surface area contributed by atoms with Crippen molar-refractivity contribution in [3.8, 4) is 12.3 Å². The van der Waals surface area contributed by atoms with Crippen molar-refractivity contribution in [1.29, 1.82) is 0 Å². The molecule has 2 N–H and O–H groups in total. The van der Waals surface area contributed by atoms with Crippen LogP contribution in [0.3, 0.4) is 0 Å². The van der Waals surface area contributed by atoms with Gasteiger partial charge >= 0.3 is 0 Å². The van der Waals surface area contributed by atoms with Crippen LogP contribution in [0.4, 0.5) is 5.69 Å². The summed E-state index contributed by atoms with van der Waals surface area (Å²) in [5, 5.41) is 5.23. The average molecular weight is 294 g/mol. The average Bonchev–Trinajstić information content (AvgIpc) is 2.53. The van der Waals surface area contributed by atoms with Crippen LogP contribution in [-0.2, 0) is 0 Å². The Hall–Kier alpha value is -3.20. The van der Waals surface area contributed by atoms with Crippen molar-refractivity contribution in [3.63, 3.8) is 0 Å².